The lowest BCUT2D eigenvalue weighted by Crippen LogP contribution is -2.58. The predicted molar refractivity (Wildman–Crippen MR) is 149 cm³/mol. The minimum Gasteiger partial charge on any atom is -0.381 e. The number of fused-ring (bicyclic) bond motifs is 1. The van der Waals surface area contributed by atoms with Crippen molar-refractivity contribution in [2.24, 2.45) is 0 Å². The number of ether oxygens (including phenoxy) is 1. The number of aliphatic hydroxyl groups is 1. The van der Waals surface area contributed by atoms with Crippen LogP contribution in [0.25, 0.3) is 0 Å². The number of anilines is 1. The number of hydrogen-bond donors (Lipinski definition) is 3. The zero-order chi connectivity index (χ0) is 29.3. The normalized spacial score (nSPS) is 19.6. The summed E-state index contributed by atoms with van der Waals surface area (Å²) in [6, 6.07) is 10.2. The lowest BCUT2D eigenvalue weighted by molar-refractivity contribution is -0.182. The Hall–Kier alpha value is -3.34. The summed E-state index contributed by atoms with van der Waals surface area (Å²) in [7, 11) is 1.36. The first-order valence-corrected chi connectivity index (χ1v) is 13.5. The van der Waals surface area contributed by atoms with E-state index in [4.69, 9.17) is 4.74 Å². The van der Waals surface area contributed by atoms with E-state index in [0.29, 0.717) is 35.2 Å². The Bertz CT molecular complexity index is 1280. The van der Waals surface area contributed by atoms with Crippen LogP contribution in [0.2, 0.25) is 0 Å². The maximum Gasteiger partial charge on any atom is 0.273 e. The first-order valence-electron chi connectivity index (χ1n) is 13.5. The van der Waals surface area contributed by atoms with Crippen molar-refractivity contribution in [2.45, 2.75) is 77.1 Å². The van der Waals surface area contributed by atoms with E-state index in [1.54, 1.807) is 24.3 Å². The molecule has 10 heteroatoms. The summed E-state index contributed by atoms with van der Waals surface area (Å²) in [6.45, 7) is 10.6. The van der Waals surface area contributed by atoms with Gasteiger partial charge in [-0.05, 0) is 57.5 Å². The Balaban J connectivity index is 1.51. The second-order valence-electron chi connectivity index (χ2n) is 11.9. The van der Waals surface area contributed by atoms with Gasteiger partial charge in [-0.1, -0.05) is 12.1 Å². The Morgan fingerprint density at radius 2 is 1.88 bits per heavy atom. The fourth-order valence-corrected chi connectivity index (χ4v) is 6.00. The number of nitrogens with zero attached hydrogens (tertiary/aromatic N) is 2. The van der Waals surface area contributed by atoms with Gasteiger partial charge < -0.3 is 25.3 Å². The van der Waals surface area contributed by atoms with Crippen molar-refractivity contribution >= 4 is 23.8 Å². The van der Waals surface area contributed by atoms with E-state index in [9.17, 15) is 23.9 Å². The molecule has 2 amide bonds. The van der Waals surface area contributed by atoms with E-state index in [2.05, 4.69) is 43.2 Å². The van der Waals surface area contributed by atoms with Crippen LogP contribution in [0, 0.1) is 5.82 Å². The number of halogens is 1. The molecule has 0 aliphatic carbocycles. The van der Waals surface area contributed by atoms with E-state index < -0.39 is 17.5 Å². The second kappa shape index (κ2) is 11.3. The third kappa shape index (κ3) is 6.19. The highest BCUT2D eigenvalue weighted by Crippen LogP contribution is 2.35. The van der Waals surface area contributed by atoms with Gasteiger partial charge in [-0.15, -0.1) is 0 Å². The molecule has 9 nitrogen and oxygen atoms in total. The van der Waals surface area contributed by atoms with Crippen LogP contribution in [0.3, 0.4) is 0 Å². The smallest absolute Gasteiger partial charge is 0.273 e. The van der Waals surface area contributed by atoms with Gasteiger partial charge in [-0.3, -0.25) is 19.4 Å². The van der Waals surface area contributed by atoms with Crippen molar-refractivity contribution in [3.8, 4) is 0 Å². The molecule has 1 atom stereocenters. The number of likely N-dealkylation sites (N-methyl/N-ethyl adjacent to an activating group) is 1. The molecule has 2 aliphatic rings. The van der Waals surface area contributed by atoms with Crippen LogP contribution in [0.1, 0.15) is 67.6 Å². The molecule has 2 heterocycles. The van der Waals surface area contributed by atoms with E-state index in [-0.39, 0.29) is 43.0 Å². The number of rotatable bonds is 10. The van der Waals surface area contributed by atoms with Crippen LogP contribution in [-0.4, -0.2) is 70.1 Å². The highest BCUT2D eigenvalue weighted by Gasteiger charge is 2.48. The lowest BCUT2D eigenvalue weighted by atomic mass is 9.98. The molecule has 40 heavy (non-hydrogen) atoms. The molecule has 1 saturated heterocycles. The van der Waals surface area contributed by atoms with Crippen LogP contribution >= 0.6 is 0 Å². The van der Waals surface area contributed by atoms with Crippen molar-refractivity contribution in [3.63, 3.8) is 0 Å². The van der Waals surface area contributed by atoms with Gasteiger partial charge in [0.25, 0.3) is 11.8 Å². The van der Waals surface area contributed by atoms with E-state index >= 15 is 0 Å². The molecule has 216 valence electrons. The SMILES string of the molecule is CNC(=O)C(O)(CCC=O)N1Cc2c(NCc3cc(CN4CC(C)(C)OC(C)(C)C4)ccc3F)cccc2C1=O. The molecule has 2 aromatic rings. The number of amides is 2. The highest BCUT2D eigenvalue weighted by molar-refractivity contribution is 6.03. The van der Waals surface area contributed by atoms with Crippen LogP contribution < -0.4 is 10.6 Å². The fraction of sp³-hybridized carbons (Fsp3) is 0.500. The van der Waals surface area contributed by atoms with Crippen LogP contribution in [0.5, 0.6) is 0 Å². The molecule has 0 aromatic heterocycles. The summed E-state index contributed by atoms with van der Waals surface area (Å²) in [5.74, 6) is -1.62. The van der Waals surface area contributed by atoms with Crippen molar-refractivity contribution in [1.82, 2.24) is 15.1 Å². The summed E-state index contributed by atoms with van der Waals surface area (Å²) in [4.78, 5) is 40.2. The van der Waals surface area contributed by atoms with Crippen molar-refractivity contribution in [1.29, 1.82) is 0 Å². The topological polar surface area (TPSA) is 111 Å². The van der Waals surface area contributed by atoms with Gasteiger partial charge in [0.05, 0.1) is 17.7 Å². The van der Waals surface area contributed by atoms with Gasteiger partial charge in [-0.2, -0.15) is 0 Å². The third-order valence-corrected chi connectivity index (χ3v) is 7.36. The maximum absolute atomic E-state index is 14.9. The number of aldehydes is 1. The molecule has 0 bridgehead atoms. The zero-order valence-electron chi connectivity index (χ0n) is 23.8. The summed E-state index contributed by atoms with van der Waals surface area (Å²) in [6.07, 6.45) is 0.274. The highest BCUT2D eigenvalue weighted by atomic mass is 19.1. The average molecular weight is 555 g/mol. The van der Waals surface area contributed by atoms with Gasteiger partial charge in [0, 0.05) is 68.4 Å². The molecule has 0 spiro atoms. The van der Waals surface area contributed by atoms with Crippen LogP contribution in [0.15, 0.2) is 36.4 Å². The molecular formula is C30H39FN4O5. The largest absolute Gasteiger partial charge is 0.381 e. The van der Waals surface area contributed by atoms with E-state index in [0.717, 1.165) is 23.6 Å². The van der Waals surface area contributed by atoms with Crippen LogP contribution in [-0.2, 0) is 34.0 Å². The van der Waals surface area contributed by atoms with Crippen molar-refractivity contribution in [3.05, 3.63) is 64.5 Å². The molecule has 1 fully saturated rings. The number of carbonyl (C=O) groups excluding carboxylic acids is 3. The summed E-state index contributed by atoms with van der Waals surface area (Å²) in [5.41, 5.74) is 0.245. The van der Waals surface area contributed by atoms with Crippen molar-refractivity contribution < 1.29 is 28.6 Å². The molecule has 2 aliphatic heterocycles. The molecule has 2 aromatic carbocycles. The monoisotopic (exact) mass is 554 g/mol. The minimum absolute atomic E-state index is 0.0365. The molecule has 1 unspecified atom stereocenters. The van der Waals surface area contributed by atoms with Gasteiger partial charge in [0.2, 0.25) is 5.72 Å². The first kappa shape index (κ1) is 29.6. The standard InChI is InChI=1S/C30H39FN4O5/c1-28(2)18-34(19-29(3,4)40-28)16-20-10-11-24(31)21(14-20)15-33-25-9-6-8-22-23(25)17-35(26(22)37)30(39,12-7-13-36)27(38)32-5/h6,8-11,13-14,33,39H,7,12,15-19H2,1-5H3,(H,32,38). The van der Waals surface area contributed by atoms with Crippen molar-refractivity contribution in [2.75, 3.05) is 25.5 Å². The van der Waals surface area contributed by atoms with Gasteiger partial charge >= 0.3 is 0 Å². The van der Waals surface area contributed by atoms with Gasteiger partial charge in [-0.25, -0.2) is 4.39 Å². The van der Waals surface area contributed by atoms with Gasteiger partial charge in [0.1, 0.15) is 12.1 Å². The number of hydrogen-bond acceptors (Lipinski definition) is 7. The molecular weight excluding hydrogens is 515 g/mol. The zero-order valence-corrected chi connectivity index (χ0v) is 23.8. The molecule has 0 saturated carbocycles. The van der Waals surface area contributed by atoms with E-state index in [1.165, 1.54) is 13.1 Å². The summed E-state index contributed by atoms with van der Waals surface area (Å²) in [5, 5.41) is 16.8. The third-order valence-electron chi connectivity index (χ3n) is 7.36. The maximum atomic E-state index is 14.9. The number of carbonyl (C=O) groups is 3. The van der Waals surface area contributed by atoms with Crippen LogP contribution in [0.4, 0.5) is 10.1 Å². The number of benzene rings is 2. The minimum atomic E-state index is -2.17. The molecule has 4 rings (SSSR count). The Morgan fingerprint density at radius 3 is 2.52 bits per heavy atom. The van der Waals surface area contributed by atoms with Gasteiger partial charge in [0.15, 0.2) is 0 Å². The second-order valence-corrected chi connectivity index (χ2v) is 11.9. The Labute approximate surface area is 234 Å². The first-order chi connectivity index (χ1) is 18.8. The Kier molecular flexibility index (Phi) is 8.35. The average Bonchev–Trinajstić information content (AvgIpc) is 3.22. The fourth-order valence-electron chi connectivity index (χ4n) is 6.00. The number of nitrogens with one attached hydrogen (secondary N) is 2. The summed E-state index contributed by atoms with van der Waals surface area (Å²) < 4.78 is 21.0. The quantitative estimate of drug-likeness (QED) is 0.387. The van der Waals surface area contributed by atoms with E-state index in [1.807, 2.05) is 6.07 Å². The molecule has 3 N–H and O–H groups in total. The molecule has 0 radical (unpaired) electrons. The summed E-state index contributed by atoms with van der Waals surface area (Å²) >= 11 is 0. The predicted octanol–water partition coefficient (Wildman–Crippen LogP) is 3.20. The Morgan fingerprint density at radius 1 is 1.18 bits per heavy atom. The lowest BCUT2D eigenvalue weighted by Gasteiger charge is -2.47. The number of morpholine rings is 1.